The summed E-state index contributed by atoms with van der Waals surface area (Å²) in [5.74, 6) is 0. The number of non-ortho nitro benzene ring substituents is 1. The molecule has 2 rings (SSSR count). The van der Waals surface area contributed by atoms with Gasteiger partial charge in [0.1, 0.15) is 0 Å². The van der Waals surface area contributed by atoms with Gasteiger partial charge < -0.3 is 0 Å². The molecule has 0 atom stereocenters. The monoisotopic (exact) mass is 303 g/mol. The van der Waals surface area contributed by atoms with Crippen molar-refractivity contribution in [2.75, 3.05) is 5.01 Å². The van der Waals surface area contributed by atoms with Gasteiger partial charge in [-0.25, -0.2) is 0 Å². The first kappa shape index (κ1) is 14.7. The van der Waals surface area contributed by atoms with Crippen LogP contribution in [0, 0.1) is 10.1 Å². The predicted molar refractivity (Wildman–Crippen MR) is 80.9 cm³/mol. The van der Waals surface area contributed by atoms with Gasteiger partial charge in [-0.15, -0.1) is 0 Å². The van der Waals surface area contributed by atoms with Gasteiger partial charge in [0.2, 0.25) is 0 Å². The van der Waals surface area contributed by atoms with Gasteiger partial charge in [-0.3, -0.25) is 14.9 Å². The van der Waals surface area contributed by atoms with E-state index in [0.717, 1.165) is 10.6 Å². The molecule has 0 aliphatic rings. The molecule has 0 saturated heterocycles. The minimum Gasteiger partial charge on any atom is -0.258 e. The summed E-state index contributed by atoms with van der Waals surface area (Å²) in [6, 6.07) is 14.5. The number of halogens is 1. The van der Waals surface area contributed by atoms with E-state index in [-0.39, 0.29) is 5.69 Å². The van der Waals surface area contributed by atoms with E-state index in [1.807, 2.05) is 30.3 Å². The topological polar surface area (TPSA) is 75.8 Å². The van der Waals surface area contributed by atoms with Gasteiger partial charge in [-0.1, -0.05) is 30.3 Å². The number of nitro benzene ring substituents is 1. The third kappa shape index (κ3) is 3.87. The summed E-state index contributed by atoms with van der Waals surface area (Å²) in [4.78, 5) is 21.5. The van der Waals surface area contributed by atoms with Crippen molar-refractivity contribution in [3.05, 3.63) is 70.3 Å². The maximum atomic E-state index is 11.4. The van der Waals surface area contributed by atoms with E-state index in [1.54, 1.807) is 0 Å². The normalized spacial score (nSPS) is 10.5. The summed E-state index contributed by atoms with van der Waals surface area (Å²) >= 11 is 5.49. The van der Waals surface area contributed by atoms with E-state index in [9.17, 15) is 14.9 Å². The van der Waals surface area contributed by atoms with Crippen LogP contribution in [0.25, 0.3) is 0 Å². The Labute approximate surface area is 125 Å². The molecule has 0 aromatic heterocycles. The van der Waals surface area contributed by atoms with Crippen molar-refractivity contribution in [2.45, 2.75) is 0 Å². The molecule has 0 aliphatic heterocycles. The van der Waals surface area contributed by atoms with E-state index in [0.29, 0.717) is 5.69 Å². The highest BCUT2D eigenvalue weighted by Crippen LogP contribution is 2.21. The van der Waals surface area contributed by atoms with Gasteiger partial charge in [-0.2, -0.15) is 10.1 Å². The number of hydrogen-bond donors (Lipinski definition) is 0. The Kier molecular flexibility index (Phi) is 4.63. The molecule has 0 unspecified atom stereocenters. The van der Waals surface area contributed by atoms with Crippen molar-refractivity contribution < 1.29 is 9.72 Å². The van der Waals surface area contributed by atoms with E-state index < -0.39 is 10.3 Å². The zero-order chi connectivity index (χ0) is 15.2. The van der Waals surface area contributed by atoms with Gasteiger partial charge in [0.05, 0.1) is 16.8 Å². The summed E-state index contributed by atoms with van der Waals surface area (Å²) in [7, 11) is 0. The Morgan fingerprint density at radius 2 is 1.76 bits per heavy atom. The third-order valence-corrected chi connectivity index (χ3v) is 2.75. The first-order valence-corrected chi connectivity index (χ1v) is 6.29. The number of benzene rings is 2. The lowest BCUT2D eigenvalue weighted by Gasteiger charge is -2.12. The molecule has 0 saturated carbocycles. The fraction of sp³-hybridized carbons (Fsp3) is 0. The van der Waals surface area contributed by atoms with Gasteiger partial charge >= 0.3 is 5.37 Å². The van der Waals surface area contributed by atoms with Crippen molar-refractivity contribution in [2.24, 2.45) is 5.10 Å². The standard InChI is InChI=1S/C14H10ClN3O3/c15-14(19)17(16-10-11-4-2-1-3-5-11)12-6-8-13(9-7-12)18(20)21/h1-10H/b16-10+. The van der Waals surface area contributed by atoms with Crippen LogP contribution < -0.4 is 5.01 Å². The highest BCUT2D eigenvalue weighted by molar-refractivity contribution is 6.66. The van der Waals surface area contributed by atoms with Crippen LogP contribution in [0.1, 0.15) is 5.56 Å². The SMILES string of the molecule is O=C(Cl)N(/N=C/c1ccccc1)c1ccc([N+](=O)[O-])cc1. The molecule has 0 spiro atoms. The van der Waals surface area contributed by atoms with Crippen LogP contribution in [0.3, 0.4) is 0 Å². The molecule has 7 heteroatoms. The molecule has 0 radical (unpaired) electrons. The first-order valence-electron chi connectivity index (χ1n) is 5.91. The average Bonchev–Trinajstić information content (AvgIpc) is 2.48. The van der Waals surface area contributed by atoms with Crippen molar-refractivity contribution in [1.82, 2.24) is 0 Å². The number of carbonyl (C=O) groups excluding carboxylic acids is 1. The Balaban J connectivity index is 2.25. The summed E-state index contributed by atoms with van der Waals surface area (Å²) in [6.45, 7) is 0. The zero-order valence-corrected chi connectivity index (χ0v) is 11.5. The van der Waals surface area contributed by atoms with Crippen LogP contribution in [-0.4, -0.2) is 16.5 Å². The Morgan fingerprint density at radius 1 is 1.14 bits per heavy atom. The van der Waals surface area contributed by atoms with Crippen LogP contribution in [0.15, 0.2) is 59.7 Å². The van der Waals surface area contributed by atoms with Crippen LogP contribution in [0.2, 0.25) is 0 Å². The molecule has 2 aromatic rings. The maximum absolute atomic E-state index is 11.4. The number of rotatable bonds is 4. The number of nitrogens with zero attached hydrogens (tertiary/aromatic N) is 3. The minimum absolute atomic E-state index is 0.0761. The Bertz CT molecular complexity index is 672. The number of nitro groups is 1. The number of hydrazone groups is 1. The molecule has 0 fully saturated rings. The van der Waals surface area contributed by atoms with Crippen molar-refractivity contribution in [1.29, 1.82) is 0 Å². The highest BCUT2D eigenvalue weighted by Gasteiger charge is 2.13. The van der Waals surface area contributed by atoms with Gasteiger partial charge in [0.15, 0.2) is 0 Å². The smallest absolute Gasteiger partial charge is 0.258 e. The van der Waals surface area contributed by atoms with Gasteiger partial charge in [-0.05, 0) is 29.3 Å². The maximum Gasteiger partial charge on any atom is 0.341 e. The second kappa shape index (κ2) is 6.62. The predicted octanol–water partition coefficient (Wildman–Crippen LogP) is 3.79. The second-order valence-electron chi connectivity index (χ2n) is 3.99. The zero-order valence-electron chi connectivity index (χ0n) is 10.7. The molecule has 0 heterocycles. The summed E-state index contributed by atoms with van der Waals surface area (Å²) in [5, 5.41) is 14.7. The fourth-order valence-electron chi connectivity index (χ4n) is 1.59. The van der Waals surface area contributed by atoms with Crippen molar-refractivity contribution >= 4 is 34.6 Å². The number of carbonyl (C=O) groups is 1. The van der Waals surface area contributed by atoms with Crippen molar-refractivity contribution in [3.8, 4) is 0 Å². The number of anilines is 1. The van der Waals surface area contributed by atoms with Crippen LogP contribution in [0.4, 0.5) is 16.2 Å². The average molecular weight is 304 g/mol. The Hall–Kier alpha value is -2.73. The van der Waals surface area contributed by atoms with Gasteiger partial charge in [0, 0.05) is 12.1 Å². The lowest BCUT2D eigenvalue weighted by Crippen LogP contribution is -2.19. The summed E-state index contributed by atoms with van der Waals surface area (Å²) in [5.41, 5.74) is 1.06. The lowest BCUT2D eigenvalue weighted by atomic mass is 10.2. The molecule has 1 amide bonds. The van der Waals surface area contributed by atoms with E-state index in [1.165, 1.54) is 30.5 Å². The molecule has 21 heavy (non-hydrogen) atoms. The Morgan fingerprint density at radius 3 is 2.29 bits per heavy atom. The van der Waals surface area contributed by atoms with E-state index in [2.05, 4.69) is 5.10 Å². The van der Waals surface area contributed by atoms with Gasteiger partial charge in [0.25, 0.3) is 5.69 Å². The summed E-state index contributed by atoms with van der Waals surface area (Å²) < 4.78 is 0. The molecule has 6 nitrogen and oxygen atoms in total. The molecular formula is C14H10ClN3O3. The molecule has 0 N–H and O–H groups in total. The van der Waals surface area contributed by atoms with Crippen molar-refractivity contribution in [3.63, 3.8) is 0 Å². The molecular weight excluding hydrogens is 294 g/mol. The fourth-order valence-corrected chi connectivity index (χ4v) is 1.73. The van der Waals surface area contributed by atoms with Crippen LogP contribution in [0.5, 0.6) is 0 Å². The molecule has 0 bridgehead atoms. The molecule has 0 aliphatic carbocycles. The number of hydrogen-bond acceptors (Lipinski definition) is 4. The first-order chi connectivity index (χ1) is 10.1. The van der Waals surface area contributed by atoms with Crippen LogP contribution in [-0.2, 0) is 0 Å². The van der Waals surface area contributed by atoms with E-state index >= 15 is 0 Å². The second-order valence-corrected chi connectivity index (χ2v) is 4.32. The number of amides is 1. The molecule has 106 valence electrons. The van der Waals surface area contributed by atoms with Crippen LogP contribution >= 0.6 is 11.6 Å². The largest absolute Gasteiger partial charge is 0.341 e. The van der Waals surface area contributed by atoms with E-state index in [4.69, 9.17) is 11.6 Å². The lowest BCUT2D eigenvalue weighted by molar-refractivity contribution is -0.384. The summed E-state index contributed by atoms with van der Waals surface area (Å²) in [6.07, 6.45) is 1.47. The third-order valence-electron chi connectivity index (χ3n) is 2.59. The highest BCUT2D eigenvalue weighted by atomic mass is 35.5. The minimum atomic E-state index is -0.809. The quantitative estimate of drug-likeness (QED) is 0.283. The molecule has 2 aromatic carbocycles.